The predicted molar refractivity (Wildman–Crippen MR) is 108 cm³/mol. The smallest absolute Gasteiger partial charge is 0.331 e. The summed E-state index contributed by atoms with van der Waals surface area (Å²) in [7, 11) is 0. The van der Waals surface area contributed by atoms with Crippen LogP contribution in [0.5, 0.6) is 0 Å². The van der Waals surface area contributed by atoms with Crippen molar-refractivity contribution in [2.75, 3.05) is 5.43 Å². The van der Waals surface area contributed by atoms with Crippen molar-refractivity contribution >= 4 is 11.5 Å². The Balaban J connectivity index is 1.76. The highest BCUT2D eigenvalue weighted by Gasteiger charge is 2.52. The quantitative estimate of drug-likeness (QED) is 0.351. The number of ketones is 1. The van der Waals surface area contributed by atoms with E-state index < -0.39 is 10.8 Å². The lowest BCUT2D eigenvalue weighted by atomic mass is 9.72. The largest absolute Gasteiger partial charge is 0.489 e. The number of anilines is 1. The highest BCUT2D eigenvalue weighted by atomic mass is 16.7. The Bertz CT molecular complexity index is 936. The number of carbonyl (C=O) groups excluding carboxylic acids is 1. The van der Waals surface area contributed by atoms with Crippen LogP contribution in [0.15, 0.2) is 71.9 Å². The number of allylic oxidation sites excluding steroid dienone is 1. The average molecular weight is 377 g/mol. The molecule has 1 heterocycles. The maximum atomic E-state index is 11.7. The fraction of sp³-hybridized carbons (Fsp3) is 0.273. The van der Waals surface area contributed by atoms with Gasteiger partial charge in [-0.05, 0) is 41.5 Å². The molecular weight excluding hydrogens is 354 g/mol. The van der Waals surface area contributed by atoms with Gasteiger partial charge in [0, 0.05) is 5.70 Å². The molecule has 144 valence electrons. The second-order valence-corrected chi connectivity index (χ2v) is 7.99. The van der Waals surface area contributed by atoms with E-state index in [2.05, 4.69) is 24.7 Å². The van der Waals surface area contributed by atoms with Crippen LogP contribution in [-0.2, 0) is 4.42 Å². The van der Waals surface area contributed by atoms with Gasteiger partial charge in [0.15, 0.2) is 5.78 Å². The van der Waals surface area contributed by atoms with Crippen LogP contribution in [0.1, 0.15) is 38.2 Å². The standard InChI is InChI=1S/C22H23N3O3/c1-22(2)13-17(24-23-16-11-7-4-8-12-16)20-18(14-22)28-21(25(26)27)19(20)15-9-5-3-6-10-15/h3-12,19,23-24H,13-14H2,1-2H3. The lowest BCUT2D eigenvalue weighted by molar-refractivity contribution is -0.663. The summed E-state index contributed by atoms with van der Waals surface area (Å²) in [4.78, 5) is 11.4. The Hall–Kier alpha value is -3.28. The number of nitro groups is 1. The highest BCUT2D eigenvalue weighted by molar-refractivity contribution is 6.01. The Kier molecular flexibility index (Phi) is 4.55. The Labute approximate surface area is 164 Å². The number of hydrogen-bond acceptors (Lipinski definition) is 4. The van der Waals surface area contributed by atoms with Crippen molar-refractivity contribution in [3.8, 4) is 0 Å². The molecule has 1 atom stereocenters. The monoisotopic (exact) mass is 377 g/mol. The third-order valence-electron chi connectivity index (χ3n) is 5.13. The number of hydrogen-bond donors (Lipinski definition) is 2. The van der Waals surface area contributed by atoms with E-state index in [1.54, 1.807) is 0 Å². The molecule has 0 bridgehead atoms. The topological polar surface area (TPSA) is 78.5 Å². The molecule has 6 nitrogen and oxygen atoms in total. The average Bonchev–Trinajstić information content (AvgIpc) is 3.06. The maximum absolute atomic E-state index is 11.7. The van der Waals surface area contributed by atoms with Crippen molar-refractivity contribution in [3.05, 3.63) is 93.8 Å². The zero-order valence-electron chi connectivity index (χ0n) is 15.9. The molecule has 0 spiro atoms. The van der Waals surface area contributed by atoms with Crippen LogP contribution < -0.4 is 10.9 Å². The second kappa shape index (κ2) is 7.03. The molecule has 1 aliphatic carbocycles. The lowest BCUT2D eigenvalue weighted by Crippen LogP contribution is -2.34. The number of hydrazine groups is 1. The summed E-state index contributed by atoms with van der Waals surface area (Å²) in [5, 5.41) is 11.7. The van der Waals surface area contributed by atoms with Crippen molar-refractivity contribution in [1.29, 1.82) is 0 Å². The Morgan fingerprint density at radius 1 is 1.04 bits per heavy atom. The molecule has 0 saturated carbocycles. The van der Waals surface area contributed by atoms with Crippen molar-refractivity contribution in [2.24, 2.45) is 5.41 Å². The minimum absolute atomic E-state index is 0.0627. The summed E-state index contributed by atoms with van der Waals surface area (Å²) in [6.07, 6.45) is 1.32. The number of nitrogens with one attached hydrogen (secondary N) is 2. The molecule has 28 heavy (non-hydrogen) atoms. The van der Waals surface area contributed by atoms with E-state index in [1.165, 1.54) is 0 Å². The van der Waals surface area contributed by atoms with Crippen molar-refractivity contribution in [1.82, 2.24) is 5.43 Å². The number of nitrogens with zero attached hydrogens (tertiary/aromatic N) is 1. The van der Waals surface area contributed by atoms with Crippen molar-refractivity contribution < 1.29 is 9.35 Å². The molecule has 0 amide bonds. The molecule has 0 fully saturated rings. The third-order valence-corrected chi connectivity index (χ3v) is 5.13. The first-order valence-electron chi connectivity index (χ1n) is 9.35. The molecular formula is C22H23N3O3. The first-order valence-corrected chi connectivity index (χ1v) is 9.35. The van der Waals surface area contributed by atoms with Gasteiger partial charge in [-0.1, -0.05) is 62.4 Å². The predicted octanol–water partition coefficient (Wildman–Crippen LogP) is 4.35. The van der Waals surface area contributed by atoms with Gasteiger partial charge in [-0.25, -0.2) is 0 Å². The van der Waals surface area contributed by atoms with Crippen LogP contribution in [0.25, 0.3) is 0 Å². The Morgan fingerprint density at radius 2 is 1.68 bits per heavy atom. The van der Waals surface area contributed by atoms with E-state index in [4.69, 9.17) is 4.42 Å². The molecule has 2 aromatic rings. The highest BCUT2D eigenvalue weighted by Crippen LogP contribution is 2.47. The van der Waals surface area contributed by atoms with E-state index in [-0.39, 0.29) is 11.6 Å². The number of para-hydroxylation sites is 1. The van der Waals surface area contributed by atoms with E-state index >= 15 is 0 Å². The van der Waals surface area contributed by atoms with Gasteiger partial charge in [-0.15, -0.1) is 0 Å². The summed E-state index contributed by atoms with van der Waals surface area (Å²) in [6.45, 7) is 4.29. The molecule has 4 rings (SSSR count). The molecule has 2 aliphatic rings. The van der Waals surface area contributed by atoms with Gasteiger partial charge >= 0.3 is 6.23 Å². The van der Waals surface area contributed by atoms with E-state index in [9.17, 15) is 10.1 Å². The van der Waals surface area contributed by atoms with E-state index in [0.29, 0.717) is 12.2 Å². The number of fused-ring (bicyclic) bond motifs is 1. The van der Waals surface area contributed by atoms with Crippen molar-refractivity contribution in [2.45, 2.75) is 32.6 Å². The molecule has 1 unspecified atom stereocenters. The van der Waals surface area contributed by atoms with Crippen LogP contribution in [0, 0.1) is 21.8 Å². The van der Waals surface area contributed by atoms with Crippen LogP contribution in [0.4, 0.5) is 5.69 Å². The van der Waals surface area contributed by atoms with Crippen LogP contribution in [0.3, 0.4) is 0 Å². The van der Waals surface area contributed by atoms with Gasteiger partial charge in [0.25, 0.3) is 0 Å². The van der Waals surface area contributed by atoms with Crippen LogP contribution in [-0.4, -0.2) is 10.7 Å². The molecule has 6 heteroatoms. The zero-order valence-corrected chi connectivity index (χ0v) is 15.9. The van der Waals surface area contributed by atoms with Gasteiger partial charge < -0.3 is 15.3 Å². The SMILES string of the molecule is CC1(C)CC2=[O+][C-]([N+](=O)[O-])C(c3ccccc3)C2=C(NNc2ccccc2)C1. The van der Waals surface area contributed by atoms with E-state index in [0.717, 1.165) is 28.9 Å². The Morgan fingerprint density at radius 3 is 2.32 bits per heavy atom. The first-order chi connectivity index (χ1) is 13.4. The molecule has 0 aromatic heterocycles. The summed E-state index contributed by atoms with van der Waals surface area (Å²) in [5.74, 6) is 0.177. The fourth-order valence-corrected chi connectivity index (χ4v) is 3.95. The van der Waals surface area contributed by atoms with Gasteiger partial charge in [0.1, 0.15) is 5.92 Å². The summed E-state index contributed by atoms with van der Waals surface area (Å²) in [5.41, 5.74) is 10.1. The number of benzene rings is 2. The van der Waals surface area contributed by atoms with Crippen molar-refractivity contribution in [3.63, 3.8) is 0 Å². The second-order valence-electron chi connectivity index (χ2n) is 7.99. The molecule has 0 saturated heterocycles. The molecule has 1 aliphatic heterocycles. The molecule has 2 N–H and O–H groups in total. The molecule has 0 radical (unpaired) electrons. The zero-order chi connectivity index (χ0) is 19.7. The first kappa shape index (κ1) is 18.1. The lowest BCUT2D eigenvalue weighted by Gasteiger charge is -2.33. The summed E-state index contributed by atoms with van der Waals surface area (Å²) in [6, 6.07) is 19.3. The number of rotatable bonds is 5. The summed E-state index contributed by atoms with van der Waals surface area (Å²) >= 11 is 0. The van der Waals surface area contributed by atoms with Gasteiger partial charge in [-0.2, -0.15) is 0 Å². The van der Waals surface area contributed by atoms with Gasteiger partial charge in [-0.3, -0.25) is 10.1 Å². The minimum atomic E-state index is -0.512. The minimum Gasteiger partial charge on any atom is -0.331 e. The maximum Gasteiger partial charge on any atom is 0.489 e. The molecule has 2 aromatic carbocycles. The van der Waals surface area contributed by atoms with Gasteiger partial charge in [0.2, 0.25) is 0 Å². The van der Waals surface area contributed by atoms with Crippen LogP contribution >= 0.6 is 0 Å². The van der Waals surface area contributed by atoms with Gasteiger partial charge in [0.05, 0.1) is 10.6 Å². The normalized spacial score (nSPS) is 20.4. The van der Waals surface area contributed by atoms with E-state index in [1.807, 2.05) is 60.7 Å². The summed E-state index contributed by atoms with van der Waals surface area (Å²) < 4.78 is 5.82. The van der Waals surface area contributed by atoms with Crippen LogP contribution in [0.2, 0.25) is 0 Å². The third kappa shape index (κ3) is 3.45. The fourth-order valence-electron chi connectivity index (χ4n) is 3.95.